The Balaban J connectivity index is 2.58. The maximum Gasteiger partial charge on any atom is 0.145 e. The van der Waals surface area contributed by atoms with E-state index in [1.54, 1.807) is 12.1 Å². The molecule has 0 saturated heterocycles. The number of aromatic amines is 1. The van der Waals surface area contributed by atoms with Gasteiger partial charge in [-0.15, -0.1) is 0 Å². The minimum Gasteiger partial charge on any atom is -0.382 e. The molecule has 1 aromatic carbocycles. The van der Waals surface area contributed by atoms with Crippen LogP contribution in [0.2, 0.25) is 0 Å². The summed E-state index contributed by atoms with van der Waals surface area (Å²) in [6.07, 6.45) is 0. The Morgan fingerprint density at radius 3 is 2.53 bits per heavy atom. The molecule has 0 aliphatic rings. The van der Waals surface area contributed by atoms with Crippen LogP contribution in [0.4, 0.5) is 10.2 Å². The van der Waals surface area contributed by atoms with Crippen LogP contribution in [0, 0.1) is 12.7 Å². The Morgan fingerprint density at radius 2 is 2.00 bits per heavy atom. The molecule has 0 unspecified atom stereocenters. The molecule has 0 atom stereocenters. The SMILES string of the molecule is Cc1cc(F)c(C(C)C)cc1-c1cc(N)n[nH]1. The lowest BCUT2D eigenvalue weighted by Gasteiger charge is -2.11. The summed E-state index contributed by atoms with van der Waals surface area (Å²) < 4.78 is 13.8. The topological polar surface area (TPSA) is 54.7 Å². The molecular weight excluding hydrogens is 217 g/mol. The summed E-state index contributed by atoms with van der Waals surface area (Å²) in [5.41, 5.74) is 8.92. The fourth-order valence-corrected chi connectivity index (χ4v) is 1.90. The van der Waals surface area contributed by atoms with E-state index in [1.807, 2.05) is 26.8 Å². The second-order valence-electron chi connectivity index (χ2n) is 4.55. The van der Waals surface area contributed by atoms with Gasteiger partial charge in [0.1, 0.15) is 11.6 Å². The summed E-state index contributed by atoms with van der Waals surface area (Å²) in [4.78, 5) is 0. The molecule has 4 heteroatoms. The molecular formula is C13H16FN3. The van der Waals surface area contributed by atoms with Crippen molar-refractivity contribution in [2.75, 3.05) is 5.73 Å². The molecule has 0 radical (unpaired) electrons. The van der Waals surface area contributed by atoms with Gasteiger partial charge in [-0.3, -0.25) is 5.10 Å². The van der Waals surface area contributed by atoms with Crippen LogP contribution in [0.5, 0.6) is 0 Å². The van der Waals surface area contributed by atoms with Gasteiger partial charge in [-0.2, -0.15) is 5.10 Å². The van der Waals surface area contributed by atoms with E-state index in [2.05, 4.69) is 10.2 Å². The standard InChI is InChI=1S/C13H16FN3/c1-7(2)9-5-10(8(3)4-11(9)14)12-6-13(15)17-16-12/h4-7H,1-3H3,(H3,15,16,17). The van der Waals surface area contributed by atoms with E-state index in [0.29, 0.717) is 11.4 Å². The molecule has 3 N–H and O–H groups in total. The summed E-state index contributed by atoms with van der Waals surface area (Å²) in [7, 11) is 0. The second-order valence-corrected chi connectivity index (χ2v) is 4.55. The third-order valence-corrected chi connectivity index (χ3v) is 2.85. The van der Waals surface area contributed by atoms with Gasteiger partial charge in [-0.1, -0.05) is 13.8 Å². The zero-order chi connectivity index (χ0) is 12.6. The first kappa shape index (κ1) is 11.6. The van der Waals surface area contributed by atoms with Crippen LogP contribution < -0.4 is 5.73 Å². The number of halogens is 1. The highest BCUT2D eigenvalue weighted by Crippen LogP contribution is 2.29. The number of rotatable bonds is 2. The summed E-state index contributed by atoms with van der Waals surface area (Å²) >= 11 is 0. The van der Waals surface area contributed by atoms with Crippen LogP contribution in [0.25, 0.3) is 11.3 Å². The first-order valence-corrected chi connectivity index (χ1v) is 5.60. The van der Waals surface area contributed by atoms with E-state index in [1.165, 1.54) is 0 Å². The van der Waals surface area contributed by atoms with Gasteiger partial charge in [0.2, 0.25) is 0 Å². The molecule has 2 rings (SSSR count). The molecule has 0 spiro atoms. The molecule has 17 heavy (non-hydrogen) atoms. The van der Waals surface area contributed by atoms with Crippen LogP contribution in [-0.4, -0.2) is 10.2 Å². The van der Waals surface area contributed by atoms with Crippen LogP contribution in [0.15, 0.2) is 18.2 Å². The van der Waals surface area contributed by atoms with Gasteiger partial charge in [0, 0.05) is 11.6 Å². The number of nitrogens with one attached hydrogen (secondary N) is 1. The summed E-state index contributed by atoms with van der Waals surface area (Å²) in [5, 5.41) is 6.74. The third kappa shape index (κ3) is 2.16. The lowest BCUT2D eigenvalue weighted by atomic mass is 9.95. The van der Waals surface area contributed by atoms with Crippen LogP contribution >= 0.6 is 0 Å². The summed E-state index contributed by atoms with van der Waals surface area (Å²) in [6.45, 7) is 5.82. The highest BCUT2D eigenvalue weighted by Gasteiger charge is 2.12. The van der Waals surface area contributed by atoms with Gasteiger partial charge in [-0.05, 0) is 36.1 Å². The Morgan fingerprint density at radius 1 is 1.29 bits per heavy atom. The molecule has 0 amide bonds. The number of aryl methyl sites for hydroxylation is 1. The van der Waals surface area contributed by atoms with Crippen molar-refractivity contribution < 1.29 is 4.39 Å². The smallest absolute Gasteiger partial charge is 0.145 e. The van der Waals surface area contributed by atoms with Crippen LogP contribution in [0.3, 0.4) is 0 Å². The average molecular weight is 233 g/mol. The van der Waals surface area contributed by atoms with Crippen LogP contribution in [-0.2, 0) is 0 Å². The summed E-state index contributed by atoms with van der Waals surface area (Å²) in [5.74, 6) is 0.429. The van der Waals surface area contributed by atoms with E-state index in [4.69, 9.17) is 5.73 Å². The second kappa shape index (κ2) is 4.20. The maximum atomic E-state index is 13.8. The van der Waals surface area contributed by atoms with Crippen LogP contribution in [0.1, 0.15) is 30.9 Å². The number of nitrogens with two attached hydrogens (primary N) is 1. The molecule has 2 aromatic rings. The van der Waals surface area contributed by atoms with Gasteiger partial charge >= 0.3 is 0 Å². The lowest BCUT2D eigenvalue weighted by Crippen LogP contribution is -1.96. The fraction of sp³-hybridized carbons (Fsp3) is 0.308. The Bertz CT molecular complexity index is 544. The predicted octanol–water partition coefficient (Wildman–Crippen LogP) is 3.23. The molecule has 0 bridgehead atoms. The van der Waals surface area contributed by atoms with Gasteiger partial charge in [0.15, 0.2) is 0 Å². The van der Waals surface area contributed by atoms with E-state index in [9.17, 15) is 4.39 Å². The molecule has 3 nitrogen and oxygen atoms in total. The minimum absolute atomic E-state index is 0.148. The van der Waals surface area contributed by atoms with E-state index in [0.717, 1.165) is 16.8 Å². The van der Waals surface area contributed by atoms with Crippen molar-refractivity contribution >= 4 is 5.82 Å². The third-order valence-electron chi connectivity index (χ3n) is 2.85. The molecule has 0 aliphatic carbocycles. The molecule has 0 aliphatic heterocycles. The number of nitrogen functional groups attached to an aromatic ring is 1. The number of hydrogen-bond acceptors (Lipinski definition) is 2. The normalized spacial score (nSPS) is 11.1. The van der Waals surface area contributed by atoms with Crippen molar-refractivity contribution in [2.24, 2.45) is 0 Å². The fourth-order valence-electron chi connectivity index (χ4n) is 1.90. The zero-order valence-corrected chi connectivity index (χ0v) is 10.2. The monoisotopic (exact) mass is 233 g/mol. The quantitative estimate of drug-likeness (QED) is 0.836. The van der Waals surface area contributed by atoms with Crippen molar-refractivity contribution in [3.63, 3.8) is 0 Å². The van der Waals surface area contributed by atoms with Crippen molar-refractivity contribution in [2.45, 2.75) is 26.7 Å². The number of hydrogen-bond donors (Lipinski definition) is 2. The van der Waals surface area contributed by atoms with Crippen molar-refractivity contribution in [3.05, 3.63) is 35.1 Å². The Labute approximate surface area is 99.9 Å². The van der Waals surface area contributed by atoms with Gasteiger partial charge in [0.05, 0.1) is 5.69 Å². The highest BCUT2D eigenvalue weighted by molar-refractivity contribution is 5.66. The average Bonchev–Trinajstić information content (AvgIpc) is 2.64. The number of H-pyrrole nitrogens is 1. The number of nitrogens with zero attached hydrogens (tertiary/aromatic N) is 1. The van der Waals surface area contributed by atoms with Gasteiger partial charge in [0.25, 0.3) is 0 Å². The van der Waals surface area contributed by atoms with Crippen molar-refractivity contribution in [3.8, 4) is 11.3 Å². The zero-order valence-electron chi connectivity index (χ0n) is 10.2. The first-order chi connectivity index (χ1) is 7.99. The van der Waals surface area contributed by atoms with Gasteiger partial charge < -0.3 is 5.73 Å². The maximum absolute atomic E-state index is 13.8. The van der Waals surface area contributed by atoms with Gasteiger partial charge in [-0.25, -0.2) is 4.39 Å². The van der Waals surface area contributed by atoms with E-state index in [-0.39, 0.29) is 11.7 Å². The Hall–Kier alpha value is -1.84. The Kier molecular flexibility index (Phi) is 2.88. The predicted molar refractivity (Wildman–Crippen MR) is 67.2 cm³/mol. The largest absolute Gasteiger partial charge is 0.382 e. The molecule has 0 saturated carbocycles. The number of anilines is 1. The highest BCUT2D eigenvalue weighted by atomic mass is 19.1. The van der Waals surface area contributed by atoms with Crippen molar-refractivity contribution in [1.29, 1.82) is 0 Å². The van der Waals surface area contributed by atoms with Crippen molar-refractivity contribution in [1.82, 2.24) is 10.2 Å². The summed E-state index contributed by atoms with van der Waals surface area (Å²) in [6, 6.07) is 5.17. The molecule has 1 heterocycles. The first-order valence-electron chi connectivity index (χ1n) is 5.60. The number of aromatic nitrogens is 2. The molecule has 1 aromatic heterocycles. The lowest BCUT2D eigenvalue weighted by molar-refractivity contribution is 0.597. The van der Waals surface area contributed by atoms with E-state index < -0.39 is 0 Å². The number of benzene rings is 1. The molecule has 90 valence electrons. The molecule has 0 fully saturated rings. The minimum atomic E-state index is -0.159. The van der Waals surface area contributed by atoms with E-state index >= 15 is 0 Å².